The third-order valence-electron chi connectivity index (χ3n) is 5.10. The molecular weight excluding hydrogens is 417 g/mol. The summed E-state index contributed by atoms with van der Waals surface area (Å²) in [5, 5.41) is 6.90. The average Bonchev–Trinajstić information content (AvgIpc) is 3.05. The van der Waals surface area contributed by atoms with E-state index < -0.39 is 0 Å². The summed E-state index contributed by atoms with van der Waals surface area (Å²) in [7, 11) is 3.28. The highest BCUT2D eigenvalue weighted by molar-refractivity contribution is 14.0. The summed E-state index contributed by atoms with van der Waals surface area (Å²) in [5.74, 6) is 0.809. The SMILES string of the molecule is CCC1(CNC(=NC)NCCCCCCC(=O)OC)CCCC1.I. The Hall–Kier alpha value is -0.530. The molecule has 0 radical (unpaired) electrons. The number of nitrogens with zero attached hydrogens (tertiary/aromatic N) is 1. The maximum absolute atomic E-state index is 11.0. The summed E-state index contributed by atoms with van der Waals surface area (Å²) in [5.41, 5.74) is 0.478. The summed E-state index contributed by atoms with van der Waals surface area (Å²) < 4.78 is 4.64. The van der Waals surface area contributed by atoms with Gasteiger partial charge in [0.05, 0.1) is 7.11 Å². The maximum Gasteiger partial charge on any atom is 0.305 e. The standard InChI is InChI=1S/C18H35N3O2.HI/c1-4-18(12-8-9-13-18)15-21-17(19-2)20-14-10-6-5-7-11-16(22)23-3;/h4-15H2,1-3H3,(H2,19,20,21);1H. The number of guanidine groups is 1. The van der Waals surface area contributed by atoms with Crippen molar-refractivity contribution in [2.75, 3.05) is 27.2 Å². The van der Waals surface area contributed by atoms with Crippen LogP contribution in [0.2, 0.25) is 0 Å². The number of hydrogen-bond donors (Lipinski definition) is 2. The minimum absolute atomic E-state index is 0. The number of unbranched alkanes of at least 4 members (excludes halogenated alkanes) is 3. The van der Waals surface area contributed by atoms with Crippen LogP contribution in [0.1, 0.15) is 71.1 Å². The van der Waals surface area contributed by atoms with Crippen molar-refractivity contribution in [3.63, 3.8) is 0 Å². The molecule has 0 spiro atoms. The van der Waals surface area contributed by atoms with Crippen molar-refractivity contribution in [3.8, 4) is 0 Å². The van der Waals surface area contributed by atoms with Gasteiger partial charge in [0.1, 0.15) is 0 Å². The Morgan fingerprint density at radius 3 is 2.38 bits per heavy atom. The Kier molecular flexibility index (Phi) is 13.4. The van der Waals surface area contributed by atoms with Gasteiger partial charge in [0.2, 0.25) is 0 Å². The van der Waals surface area contributed by atoms with Gasteiger partial charge in [-0.3, -0.25) is 9.79 Å². The van der Waals surface area contributed by atoms with Gasteiger partial charge < -0.3 is 15.4 Å². The second-order valence-corrected chi connectivity index (χ2v) is 6.65. The summed E-state index contributed by atoms with van der Waals surface area (Å²) >= 11 is 0. The van der Waals surface area contributed by atoms with Crippen molar-refractivity contribution in [2.24, 2.45) is 10.4 Å². The lowest BCUT2D eigenvalue weighted by Crippen LogP contribution is -2.43. The zero-order chi connectivity index (χ0) is 17.0. The summed E-state index contributed by atoms with van der Waals surface area (Å²) in [4.78, 5) is 15.3. The predicted molar refractivity (Wildman–Crippen MR) is 111 cm³/mol. The molecule has 1 aliphatic carbocycles. The number of hydrogen-bond acceptors (Lipinski definition) is 3. The van der Waals surface area contributed by atoms with E-state index in [1.54, 1.807) is 0 Å². The molecule has 0 bridgehead atoms. The number of carbonyl (C=O) groups is 1. The van der Waals surface area contributed by atoms with E-state index in [1.165, 1.54) is 39.2 Å². The molecule has 1 aliphatic rings. The summed E-state index contributed by atoms with van der Waals surface area (Å²) in [6, 6.07) is 0. The van der Waals surface area contributed by atoms with Crippen molar-refractivity contribution < 1.29 is 9.53 Å². The molecule has 0 saturated heterocycles. The molecule has 6 heteroatoms. The Morgan fingerprint density at radius 2 is 1.79 bits per heavy atom. The van der Waals surface area contributed by atoms with Crippen LogP contribution in [0.25, 0.3) is 0 Å². The molecule has 1 rings (SSSR count). The molecule has 0 atom stereocenters. The van der Waals surface area contributed by atoms with Crippen LogP contribution in [0, 0.1) is 5.41 Å². The smallest absolute Gasteiger partial charge is 0.305 e. The zero-order valence-electron chi connectivity index (χ0n) is 15.7. The molecular formula is C18H36IN3O2. The lowest BCUT2D eigenvalue weighted by molar-refractivity contribution is -0.140. The second kappa shape index (κ2) is 13.7. The first-order chi connectivity index (χ1) is 11.2. The van der Waals surface area contributed by atoms with E-state index in [-0.39, 0.29) is 29.9 Å². The second-order valence-electron chi connectivity index (χ2n) is 6.65. The first-order valence-electron chi connectivity index (χ1n) is 9.17. The quantitative estimate of drug-likeness (QED) is 0.173. The molecule has 0 aromatic rings. The van der Waals surface area contributed by atoms with Gasteiger partial charge in [-0.1, -0.05) is 32.6 Å². The summed E-state index contributed by atoms with van der Waals surface area (Å²) in [6.07, 6.45) is 11.4. The fourth-order valence-electron chi connectivity index (χ4n) is 3.33. The van der Waals surface area contributed by atoms with Crippen molar-refractivity contribution in [1.29, 1.82) is 0 Å². The predicted octanol–water partition coefficient (Wildman–Crippen LogP) is 3.86. The maximum atomic E-state index is 11.0. The molecule has 1 saturated carbocycles. The molecule has 5 nitrogen and oxygen atoms in total. The zero-order valence-corrected chi connectivity index (χ0v) is 18.0. The highest BCUT2D eigenvalue weighted by atomic mass is 127. The van der Waals surface area contributed by atoms with Crippen LogP contribution in [0.4, 0.5) is 0 Å². The molecule has 0 unspecified atom stereocenters. The fraction of sp³-hybridized carbons (Fsp3) is 0.889. The monoisotopic (exact) mass is 453 g/mol. The highest BCUT2D eigenvalue weighted by Gasteiger charge is 2.31. The van der Waals surface area contributed by atoms with Crippen LogP contribution in [0.3, 0.4) is 0 Å². The number of methoxy groups -OCH3 is 1. The van der Waals surface area contributed by atoms with Gasteiger partial charge in [0.25, 0.3) is 0 Å². The van der Waals surface area contributed by atoms with Gasteiger partial charge in [0, 0.05) is 26.6 Å². The molecule has 24 heavy (non-hydrogen) atoms. The Morgan fingerprint density at radius 1 is 1.12 bits per heavy atom. The van der Waals surface area contributed by atoms with Crippen molar-refractivity contribution >= 4 is 35.9 Å². The molecule has 0 amide bonds. The van der Waals surface area contributed by atoms with Crippen molar-refractivity contribution in [2.45, 2.75) is 71.1 Å². The molecule has 0 aliphatic heterocycles. The first-order valence-corrected chi connectivity index (χ1v) is 9.17. The molecule has 142 valence electrons. The van der Waals surface area contributed by atoms with E-state index in [9.17, 15) is 4.79 Å². The van der Waals surface area contributed by atoms with Crippen LogP contribution in [-0.2, 0) is 9.53 Å². The lowest BCUT2D eigenvalue weighted by Gasteiger charge is -2.28. The average molecular weight is 453 g/mol. The highest BCUT2D eigenvalue weighted by Crippen LogP contribution is 2.40. The Labute approximate surface area is 164 Å². The van der Waals surface area contributed by atoms with Crippen LogP contribution in [0.15, 0.2) is 4.99 Å². The van der Waals surface area contributed by atoms with Gasteiger partial charge in [-0.25, -0.2) is 0 Å². The van der Waals surface area contributed by atoms with E-state index >= 15 is 0 Å². The number of halogens is 1. The van der Waals surface area contributed by atoms with E-state index in [0.29, 0.717) is 11.8 Å². The van der Waals surface area contributed by atoms with Gasteiger partial charge >= 0.3 is 5.97 Å². The van der Waals surface area contributed by atoms with Gasteiger partial charge in [-0.05, 0) is 37.5 Å². The molecule has 1 fully saturated rings. The topological polar surface area (TPSA) is 62.7 Å². The van der Waals surface area contributed by atoms with Crippen LogP contribution in [-0.4, -0.2) is 39.2 Å². The molecule has 0 aromatic carbocycles. The third kappa shape index (κ3) is 9.08. The molecule has 0 heterocycles. The van der Waals surface area contributed by atoms with Crippen molar-refractivity contribution in [3.05, 3.63) is 0 Å². The fourth-order valence-corrected chi connectivity index (χ4v) is 3.33. The van der Waals surface area contributed by atoms with E-state index in [1.807, 2.05) is 7.05 Å². The van der Waals surface area contributed by atoms with E-state index in [0.717, 1.165) is 44.7 Å². The van der Waals surface area contributed by atoms with E-state index in [4.69, 9.17) is 0 Å². The van der Waals surface area contributed by atoms with Crippen LogP contribution >= 0.6 is 24.0 Å². The number of nitrogens with one attached hydrogen (secondary N) is 2. The third-order valence-corrected chi connectivity index (χ3v) is 5.10. The Balaban J connectivity index is 0.00000529. The van der Waals surface area contributed by atoms with Crippen LogP contribution < -0.4 is 10.6 Å². The number of ether oxygens (including phenoxy) is 1. The number of esters is 1. The first kappa shape index (κ1) is 23.5. The van der Waals surface area contributed by atoms with Gasteiger partial charge in [0.15, 0.2) is 5.96 Å². The summed E-state index contributed by atoms with van der Waals surface area (Å²) in [6.45, 7) is 4.26. The number of carbonyl (C=O) groups excluding carboxylic acids is 1. The normalized spacial score (nSPS) is 16.4. The lowest BCUT2D eigenvalue weighted by atomic mass is 9.83. The number of aliphatic imine (C=N–C) groups is 1. The molecule has 0 aromatic heterocycles. The van der Waals surface area contributed by atoms with Crippen LogP contribution in [0.5, 0.6) is 0 Å². The minimum atomic E-state index is -0.107. The number of rotatable bonds is 10. The molecule has 2 N–H and O–H groups in total. The Bertz CT molecular complexity index is 369. The van der Waals surface area contributed by atoms with Gasteiger partial charge in [-0.2, -0.15) is 0 Å². The van der Waals surface area contributed by atoms with Crippen molar-refractivity contribution in [1.82, 2.24) is 10.6 Å². The van der Waals surface area contributed by atoms with Gasteiger partial charge in [-0.15, -0.1) is 24.0 Å². The minimum Gasteiger partial charge on any atom is -0.469 e. The largest absolute Gasteiger partial charge is 0.469 e. The van der Waals surface area contributed by atoms with E-state index in [2.05, 4.69) is 27.3 Å².